The Morgan fingerprint density at radius 1 is 1.43 bits per heavy atom. The third-order valence-corrected chi connectivity index (χ3v) is 3.78. The maximum Gasteiger partial charge on any atom is 0.339 e. The van der Waals surface area contributed by atoms with Crippen LogP contribution in [0.5, 0.6) is 0 Å². The second-order valence-electron chi connectivity index (χ2n) is 5.85. The SMILES string of the molecule is CC(CC=CC=CC(=O)O)CCCCC1(C)OC(=O)C1O. The number of aliphatic hydroxyl groups excluding tert-OH is 1. The van der Waals surface area contributed by atoms with Crippen LogP contribution in [0.1, 0.15) is 46.0 Å². The van der Waals surface area contributed by atoms with Crippen molar-refractivity contribution in [1.82, 2.24) is 0 Å². The molecule has 118 valence electrons. The van der Waals surface area contributed by atoms with Gasteiger partial charge in [0, 0.05) is 6.08 Å². The molecule has 5 heteroatoms. The Labute approximate surface area is 125 Å². The van der Waals surface area contributed by atoms with Crippen LogP contribution in [-0.2, 0) is 14.3 Å². The van der Waals surface area contributed by atoms with Crippen LogP contribution in [0.2, 0.25) is 0 Å². The predicted octanol–water partition coefficient (Wildman–Crippen LogP) is 2.45. The van der Waals surface area contributed by atoms with E-state index >= 15 is 0 Å². The van der Waals surface area contributed by atoms with Crippen molar-refractivity contribution in [1.29, 1.82) is 0 Å². The number of hydrogen-bond acceptors (Lipinski definition) is 4. The second-order valence-corrected chi connectivity index (χ2v) is 5.85. The lowest BCUT2D eigenvalue weighted by molar-refractivity contribution is -0.226. The van der Waals surface area contributed by atoms with Gasteiger partial charge in [-0.25, -0.2) is 9.59 Å². The molecule has 0 aromatic heterocycles. The smallest absolute Gasteiger partial charge is 0.339 e. The number of rotatable bonds is 9. The molecule has 3 unspecified atom stereocenters. The average molecular weight is 296 g/mol. The van der Waals surface area contributed by atoms with Crippen LogP contribution in [0, 0.1) is 5.92 Å². The van der Waals surface area contributed by atoms with Gasteiger partial charge in [0.15, 0.2) is 6.10 Å². The molecule has 1 heterocycles. The van der Waals surface area contributed by atoms with Crippen molar-refractivity contribution >= 4 is 11.9 Å². The van der Waals surface area contributed by atoms with Crippen molar-refractivity contribution in [3.8, 4) is 0 Å². The number of carboxylic acids is 1. The number of esters is 1. The highest BCUT2D eigenvalue weighted by Gasteiger charge is 2.51. The highest BCUT2D eigenvalue weighted by Crippen LogP contribution is 2.33. The summed E-state index contributed by atoms with van der Waals surface area (Å²) in [5.41, 5.74) is -0.693. The topological polar surface area (TPSA) is 83.8 Å². The lowest BCUT2D eigenvalue weighted by Gasteiger charge is -2.42. The minimum absolute atomic E-state index is 0.515. The fraction of sp³-hybridized carbons (Fsp3) is 0.625. The Bertz CT molecular complexity index is 426. The molecule has 0 aromatic carbocycles. The lowest BCUT2D eigenvalue weighted by atomic mass is 9.86. The number of carbonyl (C=O) groups is 2. The van der Waals surface area contributed by atoms with Crippen LogP contribution in [-0.4, -0.2) is 33.9 Å². The summed E-state index contributed by atoms with van der Waals surface area (Å²) >= 11 is 0. The number of hydrogen-bond donors (Lipinski definition) is 2. The number of allylic oxidation sites excluding steroid dienone is 3. The Balaban J connectivity index is 2.10. The van der Waals surface area contributed by atoms with E-state index in [4.69, 9.17) is 9.84 Å². The maximum absolute atomic E-state index is 10.9. The van der Waals surface area contributed by atoms with Crippen molar-refractivity contribution in [2.45, 2.75) is 57.7 Å². The molecule has 1 aliphatic heterocycles. The zero-order valence-electron chi connectivity index (χ0n) is 12.6. The van der Waals surface area contributed by atoms with Crippen LogP contribution < -0.4 is 0 Å². The fourth-order valence-electron chi connectivity index (χ4n) is 2.33. The maximum atomic E-state index is 10.9. The number of unbranched alkanes of at least 4 members (excludes halogenated alkanes) is 1. The summed E-state index contributed by atoms with van der Waals surface area (Å²) in [5.74, 6) is -0.952. The molecule has 0 aromatic rings. The van der Waals surface area contributed by atoms with Crippen LogP contribution in [0.15, 0.2) is 24.3 Å². The standard InChI is InChI=1S/C16H24O5/c1-12(8-4-3-5-10-13(17)18)9-6-7-11-16(2)14(19)15(20)21-16/h3-5,10,12,14,19H,6-9,11H2,1-2H3,(H,17,18). The number of aliphatic carboxylic acids is 1. The van der Waals surface area contributed by atoms with Gasteiger partial charge in [-0.3, -0.25) is 0 Å². The van der Waals surface area contributed by atoms with E-state index in [9.17, 15) is 14.7 Å². The van der Waals surface area contributed by atoms with Gasteiger partial charge in [-0.1, -0.05) is 38.0 Å². The molecule has 21 heavy (non-hydrogen) atoms. The average Bonchev–Trinajstić information content (AvgIpc) is 2.42. The summed E-state index contributed by atoms with van der Waals surface area (Å²) in [5, 5.41) is 17.9. The first-order valence-corrected chi connectivity index (χ1v) is 7.32. The van der Waals surface area contributed by atoms with Crippen molar-refractivity contribution in [3.05, 3.63) is 24.3 Å². The minimum atomic E-state index is -0.973. The molecule has 0 spiro atoms. The number of carbonyl (C=O) groups excluding carboxylic acids is 1. The second kappa shape index (κ2) is 7.98. The molecule has 1 fully saturated rings. The number of cyclic esters (lactones) is 1. The molecule has 3 atom stereocenters. The Kier molecular flexibility index (Phi) is 6.62. The van der Waals surface area contributed by atoms with E-state index in [1.54, 1.807) is 13.0 Å². The largest absolute Gasteiger partial charge is 0.478 e. The molecular formula is C16H24O5. The molecule has 2 N–H and O–H groups in total. The van der Waals surface area contributed by atoms with Crippen molar-refractivity contribution < 1.29 is 24.5 Å². The van der Waals surface area contributed by atoms with Crippen molar-refractivity contribution in [2.24, 2.45) is 5.92 Å². The Hall–Kier alpha value is -1.62. The number of aliphatic hydroxyl groups is 1. The number of ether oxygens (including phenoxy) is 1. The molecular weight excluding hydrogens is 272 g/mol. The molecule has 0 aliphatic carbocycles. The van der Waals surface area contributed by atoms with Gasteiger partial charge in [-0.2, -0.15) is 0 Å². The Morgan fingerprint density at radius 2 is 2.14 bits per heavy atom. The van der Waals surface area contributed by atoms with E-state index in [0.717, 1.165) is 31.8 Å². The van der Waals surface area contributed by atoms with Crippen molar-refractivity contribution in [2.75, 3.05) is 0 Å². The molecule has 0 amide bonds. The third kappa shape index (κ3) is 5.71. The van der Waals surface area contributed by atoms with Gasteiger partial charge in [0.05, 0.1) is 0 Å². The normalized spacial score (nSPS) is 26.8. The lowest BCUT2D eigenvalue weighted by Crippen LogP contribution is -2.59. The third-order valence-electron chi connectivity index (χ3n) is 3.78. The van der Waals surface area contributed by atoms with Crippen LogP contribution in [0.25, 0.3) is 0 Å². The first-order valence-electron chi connectivity index (χ1n) is 7.32. The molecule has 0 bridgehead atoms. The van der Waals surface area contributed by atoms with Gasteiger partial charge in [-0.15, -0.1) is 0 Å². The summed E-state index contributed by atoms with van der Waals surface area (Å²) in [6.45, 7) is 3.91. The van der Waals surface area contributed by atoms with E-state index in [0.29, 0.717) is 12.3 Å². The molecule has 0 radical (unpaired) electrons. The molecule has 5 nitrogen and oxygen atoms in total. The van der Waals surface area contributed by atoms with E-state index in [-0.39, 0.29) is 0 Å². The van der Waals surface area contributed by atoms with E-state index < -0.39 is 23.6 Å². The first kappa shape index (κ1) is 17.4. The zero-order valence-corrected chi connectivity index (χ0v) is 12.6. The zero-order chi connectivity index (χ0) is 15.9. The predicted molar refractivity (Wildman–Crippen MR) is 78.7 cm³/mol. The van der Waals surface area contributed by atoms with E-state index in [2.05, 4.69) is 6.92 Å². The summed E-state index contributed by atoms with van der Waals surface area (Å²) < 4.78 is 5.00. The molecule has 0 saturated carbocycles. The van der Waals surface area contributed by atoms with E-state index in [1.807, 2.05) is 6.08 Å². The van der Waals surface area contributed by atoms with E-state index in [1.165, 1.54) is 6.08 Å². The number of carboxylic acid groups (broad SMARTS) is 1. The summed E-state index contributed by atoms with van der Waals surface area (Å²) in [7, 11) is 0. The monoisotopic (exact) mass is 296 g/mol. The van der Waals surface area contributed by atoms with Crippen molar-refractivity contribution in [3.63, 3.8) is 0 Å². The summed E-state index contributed by atoms with van der Waals surface area (Å²) in [6.07, 6.45) is 9.91. The summed E-state index contributed by atoms with van der Waals surface area (Å²) in [6, 6.07) is 0. The van der Waals surface area contributed by atoms with Gasteiger partial charge < -0.3 is 14.9 Å². The minimum Gasteiger partial charge on any atom is -0.478 e. The summed E-state index contributed by atoms with van der Waals surface area (Å²) in [4.78, 5) is 21.1. The Morgan fingerprint density at radius 3 is 2.71 bits per heavy atom. The van der Waals surface area contributed by atoms with Crippen LogP contribution in [0.4, 0.5) is 0 Å². The fourth-order valence-corrected chi connectivity index (χ4v) is 2.33. The highest BCUT2D eigenvalue weighted by atomic mass is 16.6. The molecule has 1 saturated heterocycles. The quantitative estimate of drug-likeness (QED) is 0.295. The van der Waals surface area contributed by atoms with Crippen LogP contribution >= 0.6 is 0 Å². The van der Waals surface area contributed by atoms with Gasteiger partial charge in [0.2, 0.25) is 0 Å². The highest BCUT2D eigenvalue weighted by molar-refractivity contribution is 5.82. The van der Waals surface area contributed by atoms with Gasteiger partial charge in [-0.05, 0) is 32.1 Å². The molecule has 1 aliphatic rings. The van der Waals surface area contributed by atoms with Crippen LogP contribution in [0.3, 0.4) is 0 Å². The first-order chi connectivity index (χ1) is 9.85. The van der Waals surface area contributed by atoms with Gasteiger partial charge in [0.1, 0.15) is 5.60 Å². The molecule has 1 rings (SSSR count). The van der Waals surface area contributed by atoms with Gasteiger partial charge >= 0.3 is 11.9 Å². The van der Waals surface area contributed by atoms with Gasteiger partial charge in [0.25, 0.3) is 0 Å².